The molecule has 6 nitrogen and oxygen atoms in total. The Morgan fingerprint density at radius 2 is 1.76 bits per heavy atom. The van der Waals surface area contributed by atoms with Crippen molar-refractivity contribution in [2.75, 3.05) is 33.2 Å². The van der Waals surface area contributed by atoms with Gasteiger partial charge in [-0.25, -0.2) is 9.59 Å². The molecule has 0 aromatic rings. The van der Waals surface area contributed by atoms with Crippen molar-refractivity contribution in [3.8, 4) is 0 Å². The van der Waals surface area contributed by atoms with Gasteiger partial charge in [0.25, 0.3) is 0 Å². The molecule has 2 fully saturated rings. The molecule has 0 bridgehead atoms. The van der Waals surface area contributed by atoms with Crippen molar-refractivity contribution in [1.82, 2.24) is 14.7 Å². The Kier molecular flexibility index (Phi) is 5.45. The lowest BCUT2D eigenvalue weighted by Crippen LogP contribution is -2.56. The van der Waals surface area contributed by atoms with E-state index in [4.69, 9.17) is 5.11 Å². The number of likely N-dealkylation sites (N-methyl/N-ethyl adjacent to an activating group) is 1. The Balaban J connectivity index is 1.86. The SMILES string of the molecule is CCC(C(=O)O)N(C)C(=O)N1CCN(C2CCCC2)CC1. The molecule has 21 heavy (non-hydrogen) atoms. The van der Waals surface area contributed by atoms with Crippen LogP contribution < -0.4 is 0 Å². The van der Waals surface area contributed by atoms with E-state index in [1.807, 2.05) is 0 Å². The van der Waals surface area contributed by atoms with Crippen LogP contribution in [0.15, 0.2) is 0 Å². The van der Waals surface area contributed by atoms with Gasteiger partial charge in [-0.1, -0.05) is 19.8 Å². The van der Waals surface area contributed by atoms with E-state index < -0.39 is 12.0 Å². The van der Waals surface area contributed by atoms with Crippen molar-refractivity contribution in [2.45, 2.75) is 51.1 Å². The number of carboxylic acid groups (broad SMARTS) is 1. The van der Waals surface area contributed by atoms with E-state index in [9.17, 15) is 9.59 Å². The maximum Gasteiger partial charge on any atom is 0.326 e. The molecule has 2 aliphatic rings. The van der Waals surface area contributed by atoms with Gasteiger partial charge < -0.3 is 14.9 Å². The lowest BCUT2D eigenvalue weighted by molar-refractivity contribution is -0.142. The third kappa shape index (κ3) is 3.67. The fraction of sp³-hybridized carbons (Fsp3) is 0.867. The van der Waals surface area contributed by atoms with Gasteiger partial charge in [0, 0.05) is 39.3 Å². The number of carbonyl (C=O) groups is 2. The largest absolute Gasteiger partial charge is 0.480 e. The highest BCUT2D eigenvalue weighted by molar-refractivity contribution is 5.82. The summed E-state index contributed by atoms with van der Waals surface area (Å²) in [6, 6.07) is -0.192. The highest BCUT2D eigenvalue weighted by Crippen LogP contribution is 2.24. The molecule has 2 rings (SSSR count). The van der Waals surface area contributed by atoms with Crippen LogP contribution in [-0.2, 0) is 4.79 Å². The number of piperazine rings is 1. The van der Waals surface area contributed by atoms with Gasteiger partial charge >= 0.3 is 12.0 Å². The molecule has 0 radical (unpaired) electrons. The maximum absolute atomic E-state index is 12.4. The van der Waals surface area contributed by atoms with Crippen LogP contribution in [0, 0.1) is 0 Å². The second-order valence-electron chi connectivity index (χ2n) is 6.12. The summed E-state index contributed by atoms with van der Waals surface area (Å²) in [6.45, 7) is 5.02. The summed E-state index contributed by atoms with van der Waals surface area (Å²) >= 11 is 0. The summed E-state index contributed by atoms with van der Waals surface area (Å²) < 4.78 is 0. The number of hydrogen-bond donors (Lipinski definition) is 1. The molecule has 0 aromatic heterocycles. The normalized spacial score (nSPS) is 22.3. The van der Waals surface area contributed by atoms with Crippen molar-refractivity contribution in [2.24, 2.45) is 0 Å². The minimum atomic E-state index is -0.932. The Bertz CT molecular complexity index is 374. The predicted molar refractivity (Wildman–Crippen MR) is 80.3 cm³/mol. The zero-order valence-corrected chi connectivity index (χ0v) is 13.1. The van der Waals surface area contributed by atoms with Gasteiger partial charge in [-0.15, -0.1) is 0 Å². The molecule has 1 heterocycles. The molecule has 1 saturated carbocycles. The predicted octanol–water partition coefficient (Wildman–Crippen LogP) is 1.46. The van der Waals surface area contributed by atoms with Crippen LogP contribution in [0.3, 0.4) is 0 Å². The van der Waals surface area contributed by atoms with Gasteiger partial charge in [0.15, 0.2) is 0 Å². The monoisotopic (exact) mass is 297 g/mol. The van der Waals surface area contributed by atoms with Crippen molar-refractivity contribution in [3.63, 3.8) is 0 Å². The van der Waals surface area contributed by atoms with Gasteiger partial charge in [-0.2, -0.15) is 0 Å². The summed E-state index contributed by atoms with van der Waals surface area (Å²) in [4.78, 5) is 29.2. The number of rotatable bonds is 4. The zero-order valence-electron chi connectivity index (χ0n) is 13.1. The van der Waals surface area contributed by atoms with Crippen LogP contribution in [0.5, 0.6) is 0 Å². The molecule has 1 aliphatic heterocycles. The first-order valence-electron chi connectivity index (χ1n) is 8.03. The molecule has 2 amide bonds. The van der Waals surface area contributed by atoms with E-state index in [0.29, 0.717) is 25.6 Å². The smallest absolute Gasteiger partial charge is 0.326 e. The molecule has 1 atom stereocenters. The minimum Gasteiger partial charge on any atom is -0.480 e. The van der Waals surface area contributed by atoms with E-state index in [1.54, 1.807) is 18.9 Å². The van der Waals surface area contributed by atoms with Crippen LogP contribution in [0.1, 0.15) is 39.0 Å². The molecular weight excluding hydrogens is 270 g/mol. The maximum atomic E-state index is 12.4. The molecule has 6 heteroatoms. The second kappa shape index (κ2) is 7.11. The van der Waals surface area contributed by atoms with Crippen LogP contribution in [0.4, 0.5) is 4.79 Å². The van der Waals surface area contributed by atoms with Crippen LogP contribution in [0.2, 0.25) is 0 Å². The van der Waals surface area contributed by atoms with Crippen LogP contribution >= 0.6 is 0 Å². The Hall–Kier alpha value is -1.30. The quantitative estimate of drug-likeness (QED) is 0.853. The van der Waals surface area contributed by atoms with Gasteiger partial charge in [-0.05, 0) is 19.3 Å². The fourth-order valence-corrected chi connectivity index (χ4v) is 3.52. The average molecular weight is 297 g/mol. The molecule has 0 spiro atoms. The van der Waals surface area contributed by atoms with E-state index in [-0.39, 0.29) is 6.03 Å². The number of amides is 2. The van der Waals surface area contributed by atoms with E-state index in [1.165, 1.54) is 30.6 Å². The van der Waals surface area contributed by atoms with Crippen molar-refractivity contribution < 1.29 is 14.7 Å². The highest BCUT2D eigenvalue weighted by atomic mass is 16.4. The van der Waals surface area contributed by atoms with Crippen molar-refractivity contribution in [3.05, 3.63) is 0 Å². The standard InChI is InChI=1S/C15H27N3O3/c1-3-13(14(19)20)16(2)15(21)18-10-8-17(9-11-18)12-6-4-5-7-12/h12-13H,3-11H2,1-2H3,(H,19,20). The first-order chi connectivity index (χ1) is 10.0. The van der Waals surface area contributed by atoms with Gasteiger partial charge in [0.2, 0.25) is 0 Å². The highest BCUT2D eigenvalue weighted by Gasteiger charge is 2.32. The van der Waals surface area contributed by atoms with Crippen LogP contribution in [-0.4, -0.2) is 77.1 Å². The fourth-order valence-electron chi connectivity index (χ4n) is 3.52. The van der Waals surface area contributed by atoms with Gasteiger partial charge in [0.05, 0.1) is 0 Å². The number of hydrogen-bond acceptors (Lipinski definition) is 3. The third-order valence-corrected chi connectivity index (χ3v) is 4.87. The number of carboxylic acids is 1. The lowest BCUT2D eigenvalue weighted by atomic mass is 10.2. The molecule has 1 unspecified atom stereocenters. The Morgan fingerprint density at radius 3 is 2.24 bits per heavy atom. The van der Waals surface area contributed by atoms with Gasteiger partial charge in [0.1, 0.15) is 6.04 Å². The molecule has 120 valence electrons. The summed E-state index contributed by atoms with van der Waals surface area (Å²) in [5.74, 6) is -0.932. The lowest BCUT2D eigenvalue weighted by Gasteiger charge is -2.40. The molecule has 1 aliphatic carbocycles. The topological polar surface area (TPSA) is 64.1 Å². The second-order valence-corrected chi connectivity index (χ2v) is 6.12. The third-order valence-electron chi connectivity index (χ3n) is 4.87. The van der Waals surface area contributed by atoms with Crippen molar-refractivity contribution in [1.29, 1.82) is 0 Å². The summed E-state index contributed by atoms with van der Waals surface area (Å²) in [6.07, 6.45) is 5.64. The summed E-state index contributed by atoms with van der Waals surface area (Å²) in [5.41, 5.74) is 0. The molecule has 0 aromatic carbocycles. The first-order valence-corrected chi connectivity index (χ1v) is 8.03. The molecular formula is C15H27N3O3. The molecule has 1 saturated heterocycles. The first kappa shape index (κ1) is 16.1. The summed E-state index contributed by atoms with van der Waals surface area (Å²) in [7, 11) is 1.59. The van der Waals surface area contributed by atoms with Gasteiger partial charge in [-0.3, -0.25) is 4.90 Å². The van der Waals surface area contributed by atoms with E-state index >= 15 is 0 Å². The number of carbonyl (C=O) groups excluding carboxylic acids is 1. The summed E-state index contributed by atoms with van der Waals surface area (Å²) in [5, 5.41) is 9.16. The average Bonchev–Trinajstić information content (AvgIpc) is 3.01. The number of nitrogens with zero attached hydrogens (tertiary/aromatic N) is 3. The Morgan fingerprint density at radius 1 is 1.19 bits per heavy atom. The number of aliphatic carboxylic acids is 1. The van der Waals surface area contributed by atoms with E-state index in [0.717, 1.165) is 13.1 Å². The van der Waals surface area contributed by atoms with E-state index in [2.05, 4.69) is 4.90 Å². The van der Waals surface area contributed by atoms with Crippen molar-refractivity contribution >= 4 is 12.0 Å². The zero-order chi connectivity index (χ0) is 15.4. The number of urea groups is 1. The Labute approximate surface area is 126 Å². The van der Waals surface area contributed by atoms with Crippen LogP contribution in [0.25, 0.3) is 0 Å². The minimum absolute atomic E-state index is 0.157. The molecule has 1 N–H and O–H groups in total.